The van der Waals surface area contributed by atoms with E-state index in [1.165, 1.54) is 0 Å². The number of nitriles is 1. The third kappa shape index (κ3) is 17.7. The van der Waals surface area contributed by atoms with Gasteiger partial charge in [-0.2, -0.15) is 5.26 Å². The molecular weight excluding hydrogens is 145 g/mol. The molecule has 0 aromatic rings. The van der Waals surface area contributed by atoms with Crippen molar-refractivity contribution >= 4 is 7.32 Å². The van der Waals surface area contributed by atoms with Crippen LogP contribution in [-0.2, 0) is 0 Å². The Hall–Kier alpha value is -0.565. The van der Waals surface area contributed by atoms with Crippen molar-refractivity contribution in [2.45, 2.75) is 27.2 Å². The van der Waals surface area contributed by atoms with Crippen LogP contribution >= 0.6 is 0 Å². The van der Waals surface area contributed by atoms with E-state index in [1.807, 2.05) is 20.8 Å². The van der Waals surface area contributed by atoms with Crippen molar-refractivity contribution in [3.05, 3.63) is 0 Å². The summed E-state index contributed by atoms with van der Waals surface area (Å²) in [5, 5.41) is 29.8. The molecule has 0 aliphatic carbocycles. The van der Waals surface area contributed by atoms with Crippen molar-refractivity contribution in [2.75, 3.05) is 0 Å². The van der Waals surface area contributed by atoms with Gasteiger partial charge in [0.1, 0.15) is 0 Å². The van der Waals surface area contributed by atoms with E-state index in [0.29, 0.717) is 0 Å². The largest absolute Gasteiger partial charge is 0.631 e. The average Bonchev–Trinajstić information content (AvgIpc) is 1.87. The average molecular weight is 159 g/mol. The fourth-order valence-electron chi connectivity index (χ4n) is 0.0791. The second-order valence-corrected chi connectivity index (χ2v) is 2.70. The monoisotopic (exact) mass is 159 g/mol. The van der Waals surface area contributed by atoms with Gasteiger partial charge < -0.3 is 15.1 Å². The number of hydrogen-bond donors (Lipinski definition) is 3. The molecule has 0 saturated heterocycles. The van der Waals surface area contributed by atoms with E-state index >= 15 is 0 Å². The second kappa shape index (κ2) is 6.16. The minimum Gasteiger partial charge on any atom is -0.402 e. The molecule has 0 aliphatic heterocycles. The smallest absolute Gasteiger partial charge is 0.402 e. The molecule has 0 fully saturated rings. The Morgan fingerprint density at radius 2 is 1.64 bits per heavy atom. The highest BCUT2D eigenvalue weighted by molar-refractivity contribution is 6.30. The molecule has 0 bridgehead atoms. The van der Waals surface area contributed by atoms with Crippen LogP contribution in [0.4, 0.5) is 0 Å². The summed E-state index contributed by atoms with van der Waals surface area (Å²) in [4.78, 5) is 0. The summed E-state index contributed by atoms with van der Waals surface area (Å²) in [5.74, 6) is 0. The van der Waals surface area contributed by atoms with Crippen molar-refractivity contribution in [1.82, 2.24) is 0 Å². The molecule has 0 aromatic carbocycles. The summed E-state index contributed by atoms with van der Waals surface area (Å²) in [6.45, 7) is 5.89. The van der Waals surface area contributed by atoms with Gasteiger partial charge in [-0.1, -0.05) is 6.92 Å². The molecule has 0 radical (unpaired) electrons. The Morgan fingerprint density at radius 1 is 1.36 bits per heavy atom. The van der Waals surface area contributed by atoms with Crippen LogP contribution in [0.2, 0.25) is 0 Å². The van der Waals surface area contributed by atoms with Crippen molar-refractivity contribution in [1.29, 1.82) is 5.26 Å². The summed E-state index contributed by atoms with van der Waals surface area (Å²) in [7, 11) is -2.17. The van der Waals surface area contributed by atoms with Crippen LogP contribution in [0.15, 0.2) is 0 Å². The van der Waals surface area contributed by atoms with Gasteiger partial charge in [0.2, 0.25) is 0 Å². The minimum absolute atomic E-state index is 0.111. The zero-order valence-corrected chi connectivity index (χ0v) is 7.07. The molecule has 4 nitrogen and oxygen atoms in total. The fourth-order valence-corrected chi connectivity index (χ4v) is 0.0791. The standard InChI is InChI=1S/C6H11N.BH3O3/c1-4-6(2,3)5-7;2-1(3)4/h4H2,1-3H3;2-4H. The minimum atomic E-state index is -2.17. The Labute approximate surface area is 67.3 Å². The molecule has 0 spiro atoms. The highest BCUT2D eigenvalue weighted by Crippen LogP contribution is 2.16. The van der Waals surface area contributed by atoms with Crippen molar-refractivity contribution in [2.24, 2.45) is 5.41 Å². The molecule has 0 heterocycles. The zero-order valence-electron chi connectivity index (χ0n) is 7.07. The Morgan fingerprint density at radius 3 is 1.64 bits per heavy atom. The van der Waals surface area contributed by atoms with Crippen LogP contribution in [0, 0.1) is 16.7 Å². The van der Waals surface area contributed by atoms with E-state index in [0.717, 1.165) is 6.42 Å². The van der Waals surface area contributed by atoms with Crippen molar-refractivity contribution in [3.8, 4) is 6.07 Å². The zero-order chi connectivity index (χ0) is 9.49. The predicted molar refractivity (Wildman–Crippen MR) is 42.1 cm³/mol. The normalized spacial score (nSPS) is 9.18. The van der Waals surface area contributed by atoms with Crippen molar-refractivity contribution in [3.63, 3.8) is 0 Å². The van der Waals surface area contributed by atoms with Gasteiger partial charge in [0.15, 0.2) is 0 Å². The predicted octanol–water partition coefficient (Wildman–Crippen LogP) is -0.106. The van der Waals surface area contributed by atoms with Crippen molar-refractivity contribution < 1.29 is 15.1 Å². The van der Waals surface area contributed by atoms with Gasteiger partial charge >= 0.3 is 7.32 Å². The third-order valence-electron chi connectivity index (χ3n) is 1.19. The highest BCUT2D eigenvalue weighted by atomic mass is 16.5. The number of nitrogens with zero attached hydrogens (tertiary/aromatic N) is 1. The molecule has 64 valence electrons. The second-order valence-electron chi connectivity index (χ2n) is 2.70. The molecule has 5 heteroatoms. The lowest BCUT2D eigenvalue weighted by atomic mass is 9.93. The molecule has 0 atom stereocenters. The third-order valence-corrected chi connectivity index (χ3v) is 1.19. The van der Waals surface area contributed by atoms with Gasteiger partial charge in [-0.05, 0) is 20.3 Å². The SMILES string of the molecule is CCC(C)(C)C#N.OB(O)O. The first kappa shape index (κ1) is 13.1. The van der Waals surface area contributed by atoms with Crippen LogP contribution in [0.5, 0.6) is 0 Å². The quantitative estimate of drug-likeness (QED) is 0.466. The maximum atomic E-state index is 8.34. The molecule has 0 unspecified atom stereocenters. The number of hydrogen-bond acceptors (Lipinski definition) is 4. The van der Waals surface area contributed by atoms with Crippen LogP contribution in [0.25, 0.3) is 0 Å². The lowest BCUT2D eigenvalue weighted by molar-refractivity contribution is 0.278. The molecular formula is C6H14BNO3. The topological polar surface area (TPSA) is 84.5 Å². The Bertz CT molecular complexity index is 128. The lowest BCUT2D eigenvalue weighted by Gasteiger charge is -2.08. The summed E-state index contributed by atoms with van der Waals surface area (Å²) in [6.07, 6.45) is 0.934. The van der Waals surface area contributed by atoms with Crippen LogP contribution < -0.4 is 0 Å². The summed E-state index contributed by atoms with van der Waals surface area (Å²) in [6, 6.07) is 2.19. The fraction of sp³-hybridized carbons (Fsp3) is 0.833. The maximum absolute atomic E-state index is 8.34. The van der Waals surface area contributed by atoms with E-state index in [1.54, 1.807) is 0 Å². The molecule has 0 saturated carbocycles. The van der Waals surface area contributed by atoms with Gasteiger partial charge in [0.25, 0.3) is 0 Å². The molecule has 0 amide bonds. The van der Waals surface area contributed by atoms with Gasteiger partial charge in [-0.3, -0.25) is 0 Å². The Balaban J connectivity index is 0. The summed E-state index contributed by atoms with van der Waals surface area (Å²) >= 11 is 0. The first-order chi connectivity index (χ1) is 4.85. The number of rotatable bonds is 1. The molecule has 3 N–H and O–H groups in total. The lowest BCUT2D eigenvalue weighted by Crippen LogP contribution is -2.07. The van der Waals surface area contributed by atoms with Gasteiger partial charge in [-0.25, -0.2) is 0 Å². The van der Waals surface area contributed by atoms with Gasteiger partial charge in [-0.15, -0.1) is 0 Å². The van der Waals surface area contributed by atoms with E-state index in [4.69, 9.17) is 20.3 Å². The molecule has 0 aliphatic rings. The summed E-state index contributed by atoms with van der Waals surface area (Å²) in [5.41, 5.74) is -0.111. The van der Waals surface area contributed by atoms with E-state index in [2.05, 4.69) is 6.07 Å². The van der Waals surface area contributed by atoms with Crippen LogP contribution in [0.1, 0.15) is 27.2 Å². The molecule has 0 rings (SSSR count). The first-order valence-electron chi connectivity index (χ1n) is 3.31. The van der Waals surface area contributed by atoms with Gasteiger partial charge in [0, 0.05) is 0 Å². The maximum Gasteiger partial charge on any atom is 0.631 e. The van der Waals surface area contributed by atoms with E-state index < -0.39 is 7.32 Å². The van der Waals surface area contributed by atoms with E-state index in [9.17, 15) is 0 Å². The van der Waals surface area contributed by atoms with E-state index in [-0.39, 0.29) is 5.41 Å². The van der Waals surface area contributed by atoms with Gasteiger partial charge in [0.05, 0.1) is 11.5 Å². The molecule has 0 aromatic heterocycles. The van der Waals surface area contributed by atoms with Crippen LogP contribution in [-0.4, -0.2) is 22.4 Å². The molecule has 11 heavy (non-hydrogen) atoms. The Kier molecular flexibility index (Phi) is 7.32. The van der Waals surface area contributed by atoms with Crippen LogP contribution in [0.3, 0.4) is 0 Å². The first-order valence-corrected chi connectivity index (χ1v) is 3.31. The summed E-state index contributed by atoms with van der Waals surface area (Å²) < 4.78 is 0. The highest BCUT2D eigenvalue weighted by Gasteiger charge is 2.11.